The Hall–Kier alpha value is -8.72. The molecule has 2 nitrogen and oxygen atoms in total. The van der Waals surface area contributed by atoms with E-state index in [-0.39, 0.29) is 5.41 Å². The standard InChI is InChI=1S/C67H46N2/c1-67(2)61-35-19-34-57-59-42-65(69(46-24-7-4-8-25-46)64-39-44-21-10-12-27-49(44)51-29-14-17-32-55(51)64)56-33-18-15-30-52(56)58(59)41-60(66(57)61)53-37-36-47(40-62(53)67)68(45-22-5-3-6-23-45)63-38-43-20-9-11-26-48(43)50-28-13-16-31-54(50)63/h3-42H,1-2H3. The molecule has 0 heterocycles. The van der Waals surface area contributed by atoms with Crippen LogP contribution in [0.1, 0.15) is 25.0 Å². The summed E-state index contributed by atoms with van der Waals surface area (Å²) in [5.41, 5.74) is 11.8. The molecule has 13 aromatic rings. The number of benzene rings is 13. The number of hydrogen-bond acceptors (Lipinski definition) is 2. The molecule has 14 rings (SSSR count). The van der Waals surface area contributed by atoms with Crippen molar-refractivity contribution in [3.05, 3.63) is 254 Å². The molecular formula is C67H46N2. The van der Waals surface area contributed by atoms with E-state index in [1.165, 1.54) is 103 Å². The van der Waals surface area contributed by atoms with Crippen molar-refractivity contribution < 1.29 is 0 Å². The maximum Gasteiger partial charge on any atom is 0.0546 e. The number of anilines is 6. The Labute approximate surface area is 401 Å². The SMILES string of the molecule is CC1(C)c2cc(N(c3ccccc3)c3cc4ccccc4c4ccccc34)ccc2-c2cc3c4ccccc4c(N(c4ccccc4)c4cc5ccccc5c5ccccc45)cc3c3cccc1c23. The van der Waals surface area contributed by atoms with E-state index < -0.39 is 0 Å². The quantitative estimate of drug-likeness (QED) is 0.154. The van der Waals surface area contributed by atoms with Gasteiger partial charge < -0.3 is 9.80 Å². The third-order valence-electron chi connectivity index (χ3n) is 15.1. The highest BCUT2D eigenvalue weighted by Crippen LogP contribution is 2.54. The van der Waals surface area contributed by atoms with E-state index in [9.17, 15) is 0 Å². The number of rotatable bonds is 6. The molecule has 0 saturated heterocycles. The molecule has 13 aromatic carbocycles. The average molecular weight is 879 g/mol. The summed E-state index contributed by atoms with van der Waals surface area (Å²) < 4.78 is 0. The summed E-state index contributed by atoms with van der Waals surface area (Å²) in [5, 5.41) is 17.5. The van der Waals surface area contributed by atoms with Crippen molar-refractivity contribution in [2.24, 2.45) is 0 Å². The Balaban J connectivity index is 1.02. The number of fused-ring (bicyclic) bond motifs is 12. The molecule has 324 valence electrons. The lowest BCUT2D eigenvalue weighted by molar-refractivity contribution is 0.645. The van der Waals surface area contributed by atoms with Gasteiger partial charge in [0.25, 0.3) is 0 Å². The van der Waals surface area contributed by atoms with E-state index in [4.69, 9.17) is 0 Å². The van der Waals surface area contributed by atoms with Gasteiger partial charge in [0.15, 0.2) is 0 Å². The van der Waals surface area contributed by atoms with Crippen LogP contribution in [0.5, 0.6) is 0 Å². The maximum absolute atomic E-state index is 2.51. The van der Waals surface area contributed by atoms with E-state index >= 15 is 0 Å². The van der Waals surface area contributed by atoms with Gasteiger partial charge in [0.2, 0.25) is 0 Å². The lowest BCUT2D eigenvalue weighted by Gasteiger charge is -2.37. The molecule has 1 aliphatic rings. The van der Waals surface area contributed by atoms with Crippen molar-refractivity contribution >= 4 is 110 Å². The molecule has 0 bridgehead atoms. The first kappa shape index (κ1) is 39.4. The fourth-order valence-electron chi connectivity index (χ4n) is 12.0. The van der Waals surface area contributed by atoms with Crippen molar-refractivity contribution in [1.82, 2.24) is 0 Å². The van der Waals surface area contributed by atoms with Gasteiger partial charge in [-0.25, -0.2) is 0 Å². The summed E-state index contributed by atoms with van der Waals surface area (Å²) in [5.74, 6) is 0. The summed E-state index contributed by atoms with van der Waals surface area (Å²) in [7, 11) is 0. The predicted octanol–water partition coefficient (Wildman–Crippen LogP) is 19.0. The van der Waals surface area contributed by atoms with Crippen molar-refractivity contribution in [3.8, 4) is 11.1 Å². The Kier molecular flexibility index (Phi) is 8.66. The van der Waals surface area contributed by atoms with Crippen LogP contribution in [0, 0.1) is 0 Å². The summed E-state index contributed by atoms with van der Waals surface area (Å²) in [6.07, 6.45) is 0. The van der Waals surface area contributed by atoms with Gasteiger partial charge in [-0.2, -0.15) is 0 Å². The van der Waals surface area contributed by atoms with Crippen LogP contribution in [0.2, 0.25) is 0 Å². The highest BCUT2D eigenvalue weighted by molar-refractivity contribution is 6.26. The normalized spacial score (nSPS) is 12.9. The summed E-state index contributed by atoms with van der Waals surface area (Å²) >= 11 is 0. The molecule has 0 unspecified atom stereocenters. The average Bonchev–Trinajstić information content (AvgIpc) is 3.41. The van der Waals surface area contributed by atoms with Crippen LogP contribution >= 0.6 is 0 Å². The van der Waals surface area contributed by atoms with Crippen LogP contribution in [0.3, 0.4) is 0 Å². The number of para-hydroxylation sites is 2. The van der Waals surface area contributed by atoms with Crippen molar-refractivity contribution in [2.45, 2.75) is 19.3 Å². The van der Waals surface area contributed by atoms with Gasteiger partial charge in [0, 0.05) is 38.6 Å². The number of hydrogen-bond donors (Lipinski definition) is 0. The first-order valence-electron chi connectivity index (χ1n) is 24.1. The highest BCUT2D eigenvalue weighted by atomic mass is 15.2. The Morgan fingerprint density at radius 3 is 1.28 bits per heavy atom. The predicted molar refractivity (Wildman–Crippen MR) is 296 cm³/mol. The first-order valence-corrected chi connectivity index (χ1v) is 24.1. The molecule has 0 radical (unpaired) electrons. The second-order valence-corrected chi connectivity index (χ2v) is 19.2. The molecule has 0 aromatic heterocycles. The van der Waals surface area contributed by atoms with Gasteiger partial charge in [-0.3, -0.25) is 0 Å². The molecule has 0 spiro atoms. The van der Waals surface area contributed by atoms with E-state index in [0.717, 1.165) is 28.4 Å². The van der Waals surface area contributed by atoms with Crippen LogP contribution < -0.4 is 9.80 Å². The van der Waals surface area contributed by atoms with Crippen molar-refractivity contribution in [2.75, 3.05) is 9.80 Å². The molecule has 0 N–H and O–H groups in total. The molecule has 0 amide bonds. The van der Waals surface area contributed by atoms with Crippen molar-refractivity contribution in [3.63, 3.8) is 0 Å². The first-order chi connectivity index (χ1) is 34.0. The number of nitrogens with zero attached hydrogens (tertiary/aromatic N) is 2. The monoisotopic (exact) mass is 878 g/mol. The van der Waals surface area contributed by atoms with Gasteiger partial charge >= 0.3 is 0 Å². The lowest BCUT2D eigenvalue weighted by atomic mass is 9.68. The fourth-order valence-corrected chi connectivity index (χ4v) is 12.0. The van der Waals surface area contributed by atoms with Crippen LogP contribution in [0.15, 0.2) is 243 Å². The molecule has 1 aliphatic carbocycles. The smallest absolute Gasteiger partial charge is 0.0546 e. The van der Waals surface area contributed by atoms with Gasteiger partial charge in [-0.05, 0) is 142 Å². The third kappa shape index (κ3) is 5.92. The topological polar surface area (TPSA) is 6.48 Å². The second-order valence-electron chi connectivity index (χ2n) is 19.2. The molecule has 2 heteroatoms. The Morgan fingerprint density at radius 2 is 0.696 bits per heavy atom. The van der Waals surface area contributed by atoms with Gasteiger partial charge in [0.1, 0.15) is 0 Å². The van der Waals surface area contributed by atoms with Crippen molar-refractivity contribution in [1.29, 1.82) is 0 Å². The van der Waals surface area contributed by atoms with Gasteiger partial charge in [-0.15, -0.1) is 0 Å². The Morgan fingerprint density at radius 1 is 0.261 bits per heavy atom. The lowest BCUT2D eigenvalue weighted by Crippen LogP contribution is -2.24. The maximum atomic E-state index is 2.51. The minimum atomic E-state index is -0.306. The summed E-state index contributed by atoms with van der Waals surface area (Å²) in [6, 6.07) is 90.1. The van der Waals surface area contributed by atoms with Crippen LogP contribution in [-0.2, 0) is 5.41 Å². The molecular weight excluding hydrogens is 833 g/mol. The summed E-state index contributed by atoms with van der Waals surface area (Å²) in [4.78, 5) is 4.97. The minimum absolute atomic E-state index is 0.306. The molecule has 0 aliphatic heterocycles. The molecule has 0 atom stereocenters. The Bertz CT molecular complexity index is 4230. The minimum Gasteiger partial charge on any atom is -0.310 e. The van der Waals surface area contributed by atoms with Crippen LogP contribution in [-0.4, -0.2) is 0 Å². The van der Waals surface area contributed by atoms with Crippen LogP contribution in [0.4, 0.5) is 34.1 Å². The fraction of sp³-hybridized carbons (Fsp3) is 0.0448. The van der Waals surface area contributed by atoms with E-state index in [0.29, 0.717) is 0 Å². The molecule has 0 saturated carbocycles. The van der Waals surface area contributed by atoms with E-state index in [1.807, 2.05) is 0 Å². The van der Waals surface area contributed by atoms with Crippen LogP contribution in [0.25, 0.3) is 86.5 Å². The van der Waals surface area contributed by atoms with E-state index in [1.54, 1.807) is 0 Å². The molecule has 69 heavy (non-hydrogen) atoms. The zero-order valence-electron chi connectivity index (χ0n) is 38.5. The third-order valence-corrected chi connectivity index (χ3v) is 15.1. The zero-order chi connectivity index (χ0) is 45.8. The zero-order valence-corrected chi connectivity index (χ0v) is 38.5. The highest BCUT2D eigenvalue weighted by Gasteiger charge is 2.35. The molecule has 0 fully saturated rings. The van der Waals surface area contributed by atoms with Gasteiger partial charge in [-0.1, -0.05) is 196 Å². The summed E-state index contributed by atoms with van der Waals surface area (Å²) in [6.45, 7) is 4.84. The second kappa shape index (κ2) is 15.2. The largest absolute Gasteiger partial charge is 0.310 e. The van der Waals surface area contributed by atoms with Gasteiger partial charge in [0.05, 0.1) is 17.1 Å². The van der Waals surface area contributed by atoms with E-state index in [2.05, 4.69) is 266 Å².